The summed E-state index contributed by atoms with van der Waals surface area (Å²) >= 11 is 7.45. The number of aryl methyl sites for hydroxylation is 1. The zero-order chi connectivity index (χ0) is 14.0. The minimum atomic E-state index is -0.901. The lowest BCUT2D eigenvalue weighted by Gasteiger charge is -2.14. The number of hydrogen-bond donors (Lipinski definition) is 2. The van der Waals surface area contributed by atoms with Gasteiger partial charge in [-0.3, -0.25) is 0 Å². The lowest BCUT2D eigenvalue weighted by molar-refractivity contribution is 0.0696. The van der Waals surface area contributed by atoms with E-state index in [4.69, 9.17) is 16.7 Å². The molecule has 1 heterocycles. The zero-order valence-electron chi connectivity index (χ0n) is 10.6. The maximum Gasteiger partial charge on any atom is 0.335 e. The Morgan fingerprint density at radius 3 is 2.63 bits per heavy atom. The summed E-state index contributed by atoms with van der Waals surface area (Å²) in [7, 11) is 0. The van der Waals surface area contributed by atoms with E-state index in [0.29, 0.717) is 5.56 Å². The largest absolute Gasteiger partial charge is 0.478 e. The van der Waals surface area contributed by atoms with Gasteiger partial charge in [0.15, 0.2) is 0 Å². The summed E-state index contributed by atoms with van der Waals surface area (Å²) in [6.45, 7) is 3.84. The predicted molar refractivity (Wildman–Crippen MR) is 79.5 cm³/mol. The fraction of sp³-hybridized carbons (Fsp3) is 0.214. The lowest BCUT2D eigenvalue weighted by atomic mass is 10.1. The molecule has 0 aliphatic carbocycles. The standard InChI is InChI=1S/C14H14ClNO2S/c1-8-7-10(3-4-11(8)14(17)18)16-9(2)12-5-6-13(15)19-12/h3-7,9,16H,1-2H3,(H,17,18). The van der Waals surface area contributed by atoms with Crippen LogP contribution in [0, 0.1) is 6.92 Å². The van der Waals surface area contributed by atoms with Crippen molar-refractivity contribution in [2.45, 2.75) is 19.9 Å². The Hall–Kier alpha value is -1.52. The van der Waals surface area contributed by atoms with Crippen LogP contribution in [0.4, 0.5) is 5.69 Å². The monoisotopic (exact) mass is 295 g/mol. The number of rotatable bonds is 4. The van der Waals surface area contributed by atoms with Crippen LogP contribution in [-0.4, -0.2) is 11.1 Å². The molecule has 0 fully saturated rings. The summed E-state index contributed by atoms with van der Waals surface area (Å²) in [5.41, 5.74) is 1.98. The number of halogens is 1. The molecule has 0 aliphatic heterocycles. The number of carbonyl (C=O) groups is 1. The molecule has 3 nitrogen and oxygen atoms in total. The van der Waals surface area contributed by atoms with Crippen LogP contribution in [0.1, 0.15) is 33.8 Å². The third kappa shape index (κ3) is 3.28. The molecule has 100 valence electrons. The van der Waals surface area contributed by atoms with E-state index in [0.717, 1.165) is 20.5 Å². The molecular weight excluding hydrogens is 282 g/mol. The van der Waals surface area contributed by atoms with E-state index < -0.39 is 5.97 Å². The molecule has 1 atom stereocenters. The Bertz CT molecular complexity index is 609. The van der Waals surface area contributed by atoms with Gasteiger partial charge in [-0.05, 0) is 49.7 Å². The summed E-state index contributed by atoms with van der Waals surface area (Å²) in [5.74, 6) is -0.901. The molecule has 1 aromatic heterocycles. The first-order valence-corrected chi connectivity index (χ1v) is 7.02. The smallest absolute Gasteiger partial charge is 0.335 e. The molecule has 0 saturated carbocycles. The lowest BCUT2D eigenvalue weighted by Crippen LogP contribution is -2.06. The number of thiophene rings is 1. The van der Waals surface area contributed by atoms with E-state index in [1.165, 1.54) is 11.3 Å². The van der Waals surface area contributed by atoms with Gasteiger partial charge in [-0.1, -0.05) is 11.6 Å². The average Bonchev–Trinajstić information content (AvgIpc) is 2.75. The molecule has 1 aromatic carbocycles. The number of carboxylic acids is 1. The van der Waals surface area contributed by atoms with Crippen LogP contribution in [0.5, 0.6) is 0 Å². The molecule has 2 aromatic rings. The number of aromatic carboxylic acids is 1. The third-order valence-corrected chi connectivity index (χ3v) is 4.27. The van der Waals surface area contributed by atoms with Crippen LogP contribution in [0.2, 0.25) is 4.34 Å². The Labute approximate surface area is 120 Å². The van der Waals surface area contributed by atoms with Crippen molar-refractivity contribution in [2.75, 3.05) is 5.32 Å². The Morgan fingerprint density at radius 1 is 1.37 bits per heavy atom. The van der Waals surface area contributed by atoms with Gasteiger partial charge in [0.05, 0.1) is 15.9 Å². The van der Waals surface area contributed by atoms with Crippen molar-refractivity contribution in [1.82, 2.24) is 0 Å². The summed E-state index contributed by atoms with van der Waals surface area (Å²) in [4.78, 5) is 12.1. The second-order valence-corrected chi connectivity index (χ2v) is 6.09. The van der Waals surface area contributed by atoms with Gasteiger partial charge in [-0.2, -0.15) is 0 Å². The molecular formula is C14H14ClNO2S. The van der Waals surface area contributed by atoms with Crippen LogP contribution in [0.15, 0.2) is 30.3 Å². The van der Waals surface area contributed by atoms with Gasteiger partial charge in [0.1, 0.15) is 0 Å². The van der Waals surface area contributed by atoms with Crippen molar-refractivity contribution in [2.24, 2.45) is 0 Å². The summed E-state index contributed by atoms with van der Waals surface area (Å²) in [6, 6.07) is 9.24. The van der Waals surface area contributed by atoms with Crippen LogP contribution in [0.25, 0.3) is 0 Å². The van der Waals surface area contributed by atoms with E-state index in [9.17, 15) is 4.79 Å². The minimum absolute atomic E-state index is 0.132. The van der Waals surface area contributed by atoms with Gasteiger partial charge in [0, 0.05) is 10.6 Å². The molecule has 2 N–H and O–H groups in total. The molecule has 1 unspecified atom stereocenters. The Kier molecular flexibility index (Phi) is 4.12. The Morgan fingerprint density at radius 2 is 2.11 bits per heavy atom. The second-order valence-electron chi connectivity index (χ2n) is 4.34. The molecule has 0 aliphatic rings. The molecule has 0 saturated heterocycles. The number of carboxylic acid groups (broad SMARTS) is 1. The maximum atomic E-state index is 10.9. The molecule has 2 rings (SSSR count). The van der Waals surface area contributed by atoms with Crippen LogP contribution >= 0.6 is 22.9 Å². The van der Waals surface area contributed by atoms with E-state index >= 15 is 0 Å². The van der Waals surface area contributed by atoms with Crippen molar-refractivity contribution >= 4 is 34.6 Å². The first-order chi connectivity index (χ1) is 8.97. The summed E-state index contributed by atoms with van der Waals surface area (Å²) in [6.07, 6.45) is 0. The van der Waals surface area contributed by atoms with E-state index in [1.807, 2.05) is 25.1 Å². The second kappa shape index (κ2) is 5.63. The number of hydrogen-bond acceptors (Lipinski definition) is 3. The minimum Gasteiger partial charge on any atom is -0.478 e. The molecule has 0 bridgehead atoms. The van der Waals surface area contributed by atoms with Crippen molar-refractivity contribution in [3.05, 3.63) is 50.7 Å². The topological polar surface area (TPSA) is 49.3 Å². The highest BCUT2D eigenvalue weighted by Gasteiger charge is 2.10. The van der Waals surface area contributed by atoms with E-state index in [2.05, 4.69) is 5.32 Å². The first-order valence-electron chi connectivity index (χ1n) is 5.83. The highest BCUT2D eigenvalue weighted by molar-refractivity contribution is 7.16. The fourth-order valence-corrected chi connectivity index (χ4v) is 2.94. The SMILES string of the molecule is Cc1cc(NC(C)c2ccc(Cl)s2)ccc1C(=O)O. The molecule has 0 spiro atoms. The molecule has 5 heteroatoms. The van der Waals surface area contributed by atoms with Crippen LogP contribution < -0.4 is 5.32 Å². The van der Waals surface area contributed by atoms with Gasteiger partial charge in [-0.15, -0.1) is 11.3 Å². The third-order valence-electron chi connectivity index (χ3n) is 2.86. The summed E-state index contributed by atoms with van der Waals surface area (Å²) < 4.78 is 0.765. The quantitative estimate of drug-likeness (QED) is 0.868. The first kappa shape index (κ1) is 13.9. The fourth-order valence-electron chi connectivity index (χ4n) is 1.88. The molecule has 19 heavy (non-hydrogen) atoms. The summed E-state index contributed by atoms with van der Waals surface area (Å²) in [5, 5.41) is 12.3. The maximum absolute atomic E-state index is 10.9. The number of nitrogens with one attached hydrogen (secondary N) is 1. The van der Waals surface area contributed by atoms with Crippen LogP contribution in [0.3, 0.4) is 0 Å². The van der Waals surface area contributed by atoms with Crippen molar-refractivity contribution in [3.63, 3.8) is 0 Å². The zero-order valence-corrected chi connectivity index (χ0v) is 12.2. The van der Waals surface area contributed by atoms with Gasteiger partial charge < -0.3 is 10.4 Å². The molecule has 0 radical (unpaired) electrons. The highest BCUT2D eigenvalue weighted by Crippen LogP contribution is 2.29. The van der Waals surface area contributed by atoms with Crippen molar-refractivity contribution in [3.8, 4) is 0 Å². The average molecular weight is 296 g/mol. The molecule has 0 amide bonds. The van der Waals surface area contributed by atoms with Gasteiger partial charge in [-0.25, -0.2) is 4.79 Å². The van der Waals surface area contributed by atoms with Crippen molar-refractivity contribution < 1.29 is 9.90 Å². The van der Waals surface area contributed by atoms with Crippen molar-refractivity contribution in [1.29, 1.82) is 0 Å². The van der Waals surface area contributed by atoms with E-state index in [1.54, 1.807) is 19.1 Å². The number of anilines is 1. The Balaban J connectivity index is 2.15. The van der Waals surface area contributed by atoms with Gasteiger partial charge >= 0.3 is 5.97 Å². The van der Waals surface area contributed by atoms with Crippen LogP contribution in [-0.2, 0) is 0 Å². The predicted octanol–water partition coefficient (Wildman–Crippen LogP) is 4.58. The van der Waals surface area contributed by atoms with Gasteiger partial charge in [0.25, 0.3) is 0 Å². The number of benzene rings is 1. The van der Waals surface area contributed by atoms with E-state index in [-0.39, 0.29) is 6.04 Å². The normalized spacial score (nSPS) is 12.2. The van der Waals surface area contributed by atoms with Gasteiger partial charge in [0.2, 0.25) is 0 Å². The highest BCUT2D eigenvalue weighted by atomic mass is 35.5.